The zero-order chi connectivity index (χ0) is 19.6. The van der Waals surface area contributed by atoms with Crippen molar-refractivity contribution in [2.75, 3.05) is 4.31 Å². The van der Waals surface area contributed by atoms with Crippen molar-refractivity contribution in [1.29, 1.82) is 0 Å². The Kier molecular flexibility index (Phi) is 5.38. The minimum Gasteiger partial charge on any atom is -0.261 e. The lowest BCUT2D eigenvalue weighted by Gasteiger charge is -2.28. The van der Waals surface area contributed by atoms with E-state index in [4.69, 9.17) is 0 Å². The van der Waals surface area contributed by atoms with Crippen LogP contribution in [0.3, 0.4) is 0 Å². The number of nitrogens with zero attached hydrogens (tertiary/aromatic N) is 1. The molecule has 0 radical (unpaired) electrons. The summed E-state index contributed by atoms with van der Waals surface area (Å²) in [6, 6.07) is 20.8. The van der Waals surface area contributed by atoms with E-state index in [0.717, 1.165) is 33.5 Å². The molecule has 3 nitrogen and oxygen atoms in total. The van der Waals surface area contributed by atoms with Crippen molar-refractivity contribution in [3.05, 3.63) is 94.5 Å². The molecule has 3 rings (SSSR count). The maximum atomic E-state index is 13.6. The number of sulfonamides is 1. The molecule has 0 saturated heterocycles. The molecule has 27 heavy (non-hydrogen) atoms. The molecule has 0 unspecified atom stereocenters. The van der Waals surface area contributed by atoms with Crippen LogP contribution in [0.5, 0.6) is 0 Å². The van der Waals surface area contributed by atoms with Gasteiger partial charge in [-0.2, -0.15) is 0 Å². The predicted octanol–water partition coefficient (Wildman–Crippen LogP) is 5.32. The number of aryl methyl sites for hydroxylation is 4. The Balaban J connectivity index is 2.18. The van der Waals surface area contributed by atoms with Gasteiger partial charge in [-0.05, 0) is 62.1 Å². The molecule has 0 aliphatic rings. The minimum absolute atomic E-state index is 0.300. The van der Waals surface area contributed by atoms with Gasteiger partial charge in [0, 0.05) is 0 Å². The molecule has 3 aromatic rings. The van der Waals surface area contributed by atoms with Gasteiger partial charge in [-0.1, -0.05) is 60.2 Å². The van der Waals surface area contributed by atoms with Crippen molar-refractivity contribution >= 4 is 15.7 Å². The predicted molar refractivity (Wildman–Crippen MR) is 112 cm³/mol. The third-order valence-electron chi connectivity index (χ3n) is 4.87. The summed E-state index contributed by atoms with van der Waals surface area (Å²) in [4.78, 5) is 0.310. The highest BCUT2D eigenvalue weighted by molar-refractivity contribution is 7.92. The Hall–Kier alpha value is -2.59. The van der Waals surface area contributed by atoms with E-state index < -0.39 is 10.0 Å². The van der Waals surface area contributed by atoms with Gasteiger partial charge in [0.05, 0.1) is 17.1 Å². The molecule has 0 atom stereocenters. The normalized spacial score (nSPS) is 11.4. The van der Waals surface area contributed by atoms with Crippen molar-refractivity contribution in [1.82, 2.24) is 0 Å². The minimum atomic E-state index is -3.70. The second-order valence-electron chi connectivity index (χ2n) is 6.99. The fraction of sp³-hybridized carbons (Fsp3) is 0.217. The zero-order valence-corrected chi connectivity index (χ0v) is 17.0. The first-order valence-electron chi connectivity index (χ1n) is 9.01. The number of rotatable bonds is 5. The fourth-order valence-electron chi connectivity index (χ4n) is 3.26. The Labute approximate surface area is 162 Å². The molecule has 0 aliphatic heterocycles. The third-order valence-corrected chi connectivity index (χ3v) is 6.63. The molecule has 0 aliphatic carbocycles. The van der Waals surface area contributed by atoms with Crippen molar-refractivity contribution in [2.45, 2.75) is 39.1 Å². The van der Waals surface area contributed by atoms with Gasteiger partial charge in [0.25, 0.3) is 10.0 Å². The Morgan fingerprint density at radius 1 is 0.704 bits per heavy atom. The molecule has 0 heterocycles. The van der Waals surface area contributed by atoms with E-state index in [1.807, 2.05) is 82.3 Å². The van der Waals surface area contributed by atoms with Crippen molar-refractivity contribution in [3.8, 4) is 0 Å². The number of benzene rings is 3. The van der Waals surface area contributed by atoms with E-state index in [2.05, 4.69) is 0 Å². The summed E-state index contributed by atoms with van der Waals surface area (Å²) < 4.78 is 28.7. The highest BCUT2D eigenvalue weighted by Gasteiger charge is 2.27. The molecule has 0 N–H and O–H groups in total. The number of hydrogen-bond donors (Lipinski definition) is 0. The fourth-order valence-corrected chi connectivity index (χ4v) is 4.83. The molecule has 3 aromatic carbocycles. The van der Waals surface area contributed by atoms with Crippen LogP contribution in [0.25, 0.3) is 0 Å². The largest absolute Gasteiger partial charge is 0.264 e. The molecular formula is C23H25NO2S. The van der Waals surface area contributed by atoms with E-state index in [-0.39, 0.29) is 0 Å². The summed E-state index contributed by atoms with van der Waals surface area (Å²) in [5, 5.41) is 0. The molecule has 0 aromatic heterocycles. The zero-order valence-electron chi connectivity index (χ0n) is 16.2. The highest BCUT2D eigenvalue weighted by Crippen LogP contribution is 2.32. The topological polar surface area (TPSA) is 37.4 Å². The number of anilines is 1. The molecule has 0 fully saturated rings. The number of hydrogen-bond acceptors (Lipinski definition) is 2. The van der Waals surface area contributed by atoms with Gasteiger partial charge >= 0.3 is 0 Å². The van der Waals surface area contributed by atoms with Crippen molar-refractivity contribution in [2.24, 2.45) is 0 Å². The maximum absolute atomic E-state index is 13.6. The monoisotopic (exact) mass is 379 g/mol. The van der Waals surface area contributed by atoms with Gasteiger partial charge in [0.1, 0.15) is 0 Å². The van der Waals surface area contributed by atoms with Crippen LogP contribution in [-0.2, 0) is 16.6 Å². The van der Waals surface area contributed by atoms with Gasteiger partial charge in [-0.15, -0.1) is 0 Å². The standard InChI is InChI=1S/C23H25NO2S/c1-17-12-14-22(15-13-17)27(25,26)24(16-21-11-6-5-8-18(21)2)23-19(3)9-7-10-20(23)4/h5-15H,16H2,1-4H3. The summed E-state index contributed by atoms with van der Waals surface area (Å²) in [5.41, 5.74) is 5.75. The summed E-state index contributed by atoms with van der Waals surface area (Å²) in [6.45, 7) is 8.17. The molecule has 0 bridgehead atoms. The molecule has 0 saturated carbocycles. The molecular weight excluding hydrogens is 354 g/mol. The summed E-state index contributed by atoms with van der Waals surface area (Å²) in [6.07, 6.45) is 0. The first-order valence-corrected chi connectivity index (χ1v) is 10.4. The highest BCUT2D eigenvalue weighted by atomic mass is 32.2. The second kappa shape index (κ2) is 7.57. The average Bonchev–Trinajstić information content (AvgIpc) is 2.62. The summed E-state index contributed by atoms with van der Waals surface area (Å²) >= 11 is 0. The Morgan fingerprint density at radius 3 is 1.85 bits per heavy atom. The van der Waals surface area contributed by atoms with Crippen LogP contribution in [0.1, 0.15) is 27.8 Å². The van der Waals surface area contributed by atoms with E-state index in [9.17, 15) is 8.42 Å². The van der Waals surface area contributed by atoms with Crippen LogP contribution in [0.4, 0.5) is 5.69 Å². The van der Waals surface area contributed by atoms with Gasteiger partial charge in [-0.3, -0.25) is 4.31 Å². The van der Waals surface area contributed by atoms with Crippen molar-refractivity contribution in [3.63, 3.8) is 0 Å². The SMILES string of the molecule is Cc1ccc(S(=O)(=O)N(Cc2ccccc2C)c2c(C)cccc2C)cc1. The molecule has 0 amide bonds. The molecule has 0 spiro atoms. The van der Waals surface area contributed by atoms with Crippen LogP contribution in [0, 0.1) is 27.7 Å². The molecule has 140 valence electrons. The van der Waals surface area contributed by atoms with Crippen LogP contribution in [0.15, 0.2) is 71.6 Å². The van der Waals surface area contributed by atoms with E-state index in [1.54, 1.807) is 16.4 Å². The van der Waals surface area contributed by atoms with E-state index in [1.165, 1.54) is 0 Å². The Bertz CT molecular complexity index is 1030. The Morgan fingerprint density at radius 2 is 1.26 bits per heavy atom. The van der Waals surface area contributed by atoms with Crippen LogP contribution in [0.2, 0.25) is 0 Å². The smallest absolute Gasteiger partial charge is 0.261 e. The number of para-hydroxylation sites is 1. The maximum Gasteiger partial charge on any atom is 0.264 e. The van der Waals surface area contributed by atoms with Gasteiger partial charge < -0.3 is 0 Å². The van der Waals surface area contributed by atoms with Gasteiger partial charge in [0.15, 0.2) is 0 Å². The van der Waals surface area contributed by atoms with Gasteiger partial charge in [-0.25, -0.2) is 8.42 Å². The van der Waals surface area contributed by atoms with Crippen LogP contribution in [-0.4, -0.2) is 8.42 Å². The molecule has 4 heteroatoms. The third kappa shape index (κ3) is 3.91. The van der Waals surface area contributed by atoms with Gasteiger partial charge in [0.2, 0.25) is 0 Å². The van der Waals surface area contributed by atoms with E-state index in [0.29, 0.717) is 11.4 Å². The quantitative estimate of drug-likeness (QED) is 0.602. The summed E-state index contributed by atoms with van der Waals surface area (Å²) in [7, 11) is -3.70. The van der Waals surface area contributed by atoms with Crippen molar-refractivity contribution < 1.29 is 8.42 Å². The van der Waals surface area contributed by atoms with E-state index >= 15 is 0 Å². The average molecular weight is 380 g/mol. The lowest BCUT2D eigenvalue weighted by Crippen LogP contribution is -2.32. The lowest BCUT2D eigenvalue weighted by atomic mass is 10.1. The van der Waals surface area contributed by atoms with Crippen LogP contribution >= 0.6 is 0 Å². The summed E-state index contributed by atoms with van der Waals surface area (Å²) in [5.74, 6) is 0. The second-order valence-corrected chi connectivity index (χ2v) is 8.85. The van der Waals surface area contributed by atoms with Crippen LogP contribution < -0.4 is 4.31 Å². The first kappa shape index (κ1) is 19.2. The first-order chi connectivity index (χ1) is 12.8. The lowest BCUT2D eigenvalue weighted by molar-refractivity contribution is 0.590.